The van der Waals surface area contributed by atoms with Crippen LogP contribution < -0.4 is 0 Å². The van der Waals surface area contributed by atoms with Gasteiger partial charge in [0.25, 0.3) is 0 Å². The molecular weight excluding hydrogens is 911 g/mol. The van der Waals surface area contributed by atoms with Gasteiger partial charge in [0.05, 0.1) is 52.4 Å². The molecular formula is C25H53BFe3MoN8S7. The van der Waals surface area contributed by atoms with Crippen molar-refractivity contribution in [3.63, 3.8) is 0 Å². The van der Waals surface area contributed by atoms with E-state index >= 15 is 0 Å². The molecule has 0 fully saturated rings. The summed E-state index contributed by atoms with van der Waals surface area (Å²) in [6.45, 7) is 28.4. The molecule has 0 aliphatic heterocycles. The summed E-state index contributed by atoms with van der Waals surface area (Å²) >= 11 is 0. The third-order valence-electron chi connectivity index (χ3n) is 7.91. The minimum atomic E-state index is -1.12. The van der Waals surface area contributed by atoms with Gasteiger partial charge in [0.1, 0.15) is 0 Å². The van der Waals surface area contributed by atoms with Crippen molar-refractivity contribution in [2.75, 3.05) is 52.4 Å². The molecule has 8 nitrogen and oxygen atoms in total. The Morgan fingerprint density at radius 1 is 0.467 bits per heavy atom. The summed E-state index contributed by atoms with van der Waals surface area (Å²) in [5.41, 5.74) is 0. The van der Waals surface area contributed by atoms with Crippen LogP contribution in [0, 0.1) is 0 Å². The summed E-state index contributed by atoms with van der Waals surface area (Å²) in [5, 5.41) is 12.8. The van der Waals surface area contributed by atoms with Crippen LogP contribution >= 0.6 is 0 Å². The summed E-state index contributed by atoms with van der Waals surface area (Å²) in [7, 11) is -1.12. The van der Waals surface area contributed by atoms with Crippen molar-refractivity contribution in [1.82, 2.24) is 29.1 Å². The summed E-state index contributed by atoms with van der Waals surface area (Å²) in [6, 6.07) is 5.69. The molecule has 20 heteroatoms. The van der Waals surface area contributed by atoms with Crippen LogP contribution in [0.1, 0.15) is 55.4 Å². The zero-order valence-corrected chi connectivity index (χ0v) is 38.9. The third kappa shape index (κ3) is 25.8. The fourth-order valence-electron chi connectivity index (χ4n) is 4.53. The third-order valence-corrected chi connectivity index (χ3v) is 7.91. The molecule has 0 saturated carbocycles. The predicted molar refractivity (Wildman–Crippen MR) is 201 cm³/mol. The molecule has 0 saturated heterocycles. The second kappa shape index (κ2) is 44.3. The minimum absolute atomic E-state index is 0. The monoisotopic (exact) mass is 966 g/mol. The first-order valence-corrected chi connectivity index (χ1v) is 13.3. The topological polar surface area (TPSA) is 53.5 Å². The smallest absolute Gasteiger partial charge is 2.00 e. The molecule has 3 aromatic rings. The van der Waals surface area contributed by atoms with E-state index in [1.807, 2.05) is 50.6 Å². The quantitative estimate of drug-likeness (QED) is 0.128. The maximum Gasteiger partial charge on any atom is 3.00 e. The molecule has 0 bridgehead atoms. The Morgan fingerprint density at radius 3 is 0.733 bits per heavy atom. The first-order valence-electron chi connectivity index (χ1n) is 13.3. The van der Waals surface area contributed by atoms with Crippen molar-refractivity contribution in [2.24, 2.45) is 0 Å². The van der Waals surface area contributed by atoms with Crippen LogP contribution in [0.4, 0.5) is 0 Å². The summed E-state index contributed by atoms with van der Waals surface area (Å²) in [4.78, 5) is 0. The van der Waals surface area contributed by atoms with Crippen molar-refractivity contribution in [2.45, 2.75) is 55.4 Å². The van der Waals surface area contributed by atoms with E-state index in [0.29, 0.717) is 0 Å². The molecule has 0 atom stereocenters. The van der Waals surface area contributed by atoms with E-state index in [4.69, 9.17) is 0 Å². The summed E-state index contributed by atoms with van der Waals surface area (Å²) < 4.78 is 8.18. The van der Waals surface area contributed by atoms with E-state index in [1.165, 1.54) is 61.3 Å². The van der Waals surface area contributed by atoms with Crippen LogP contribution in [-0.4, -0.2) is 97.5 Å². The number of hydrogen-bond acceptors (Lipinski definition) is 6. The standard InChI is InChI=1S/C9H10BN6.2C8H20N.3Fe.Mo.3H2S.4S/c1-4-11-14(7-1)10(15-8-2-5-12-15)16-9-3-6-13-16;2*1-5-9(6-2,7-3)8-4;;;;;;;;;;;/h1-10H;2*5-8H2,1-4H3;;;;;3*1H2;;;;/q-1;2*+1;+2;2*+3;+2;;;;4*-2/p-3. The molecule has 0 amide bonds. The van der Waals surface area contributed by atoms with Crippen molar-refractivity contribution in [3.05, 3.63) is 55.4 Å². The van der Waals surface area contributed by atoms with Crippen molar-refractivity contribution < 1.29 is 81.2 Å². The van der Waals surface area contributed by atoms with Crippen LogP contribution in [0.2, 0.25) is 0 Å². The van der Waals surface area contributed by atoms with Gasteiger partial charge < -0.3 is 117 Å². The number of thiol groups is 3. The average molecular weight is 965 g/mol. The Labute approximate surface area is 371 Å². The summed E-state index contributed by atoms with van der Waals surface area (Å²) in [5.74, 6) is 0. The molecule has 0 N–H and O–H groups in total. The van der Waals surface area contributed by atoms with Crippen LogP contribution in [0.5, 0.6) is 0 Å². The van der Waals surface area contributed by atoms with Crippen molar-refractivity contribution in [3.8, 4) is 0 Å². The van der Waals surface area contributed by atoms with Crippen LogP contribution in [0.15, 0.2) is 55.4 Å². The molecule has 3 aromatic heterocycles. The first kappa shape index (κ1) is 77.0. The van der Waals surface area contributed by atoms with Gasteiger partial charge in [-0.3, -0.25) is 0 Å². The Morgan fingerprint density at radius 2 is 0.644 bits per heavy atom. The van der Waals surface area contributed by atoms with Gasteiger partial charge in [-0.2, -0.15) is 0 Å². The first-order chi connectivity index (χ1) is 16.4. The molecule has 0 spiro atoms. The predicted octanol–water partition coefficient (Wildman–Crippen LogP) is 2.87. The number of rotatable bonds is 11. The largest absolute Gasteiger partial charge is 3.00 e. The number of hydrogen-bond donors (Lipinski definition) is 0. The zero-order chi connectivity index (χ0) is 25.5. The molecule has 268 valence electrons. The van der Waals surface area contributed by atoms with Crippen LogP contribution in [0.3, 0.4) is 0 Å². The van der Waals surface area contributed by atoms with Gasteiger partial charge in [-0.15, -0.1) is 0 Å². The van der Waals surface area contributed by atoms with E-state index in [1.54, 1.807) is 18.6 Å². The number of quaternary nitrogens is 2. The van der Waals surface area contributed by atoms with Crippen molar-refractivity contribution >= 4 is 102 Å². The number of nitrogens with zero attached hydrogens (tertiary/aromatic N) is 8. The molecule has 3 heterocycles. The molecule has 0 unspecified atom stereocenters. The Kier molecular flexibility index (Phi) is 75.8. The Bertz CT molecular complexity index is 736. The molecule has 45 heavy (non-hydrogen) atoms. The number of aromatic nitrogens is 6. The average Bonchev–Trinajstić information content (AvgIpc) is 3.69. The van der Waals surface area contributed by atoms with Gasteiger partial charge in [0.15, 0.2) is 0 Å². The maximum absolute atomic E-state index is 4.26. The van der Waals surface area contributed by atoms with Gasteiger partial charge in [-0.05, 0) is 92.2 Å². The molecule has 2 radical (unpaired) electrons. The van der Waals surface area contributed by atoms with Crippen LogP contribution in [-0.2, 0) is 167 Å². The second-order valence-corrected chi connectivity index (χ2v) is 8.77. The van der Waals surface area contributed by atoms with Gasteiger partial charge in [-0.1, -0.05) is 0 Å². The van der Waals surface area contributed by atoms with Crippen molar-refractivity contribution in [1.29, 1.82) is 0 Å². The van der Waals surface area contributed by atoms with Crippen LogP contribution in [0.25, 0.3) is 0 Å². The van der Waals surface area contributed by atoms with E-state index in [-0.39, 0.29) is 167 Å². The van der Waals surface area contributed by atoms with E-state index < -0.39 is 7.12 Å². The molecule has 0 aliphatic carbocycles. The Balaban J connectivity index is -0.0000000402. The van der Waals surface area contributed by atoms with E-state index in [9.17, 15) is 0 Å². The minimum Gasteiger partial charge on any atom is -2.00 e. The Hall–Kier alpha value is 2.31. The second-order valence-electron chi connectivity index (χ2n) is 8.77. The van der Waals surface area contributed by atoms with E-state index in [2.05, 4.69) is 70.7 Å². The molecule has 0 aromatic carbocycles. The van der Waals surface area contributed by atoms with Gasteiger partial charge in [0, 0.05) is 18.6 Å². The zero-order valence-electron chi connectivity index (χ0n) is 27.6. The summed E-state index contributed by atoms with van der Waals surface area (Å²) in [6.07, 6.45) is 11.0. The maximum atomic E-state index is 4.26. The van der Waals surface area contributed by atoms with Gasteiger partial charge >= 0.3 is 79.4 Å². The fraction of sp³-hybridized carbons (Fsp3) is 0.640. The molecule has 0 aliphatic rings. The van der Waals surface area contributed by atoms with E-state index in [0.717, 1.165) is 0 Å². The normalized spacial score (nSPS) is 8.73. The van der Waals surface area contributed by atoms with Gasteiger partial charge in [-0.25, -0.2) is 15.3 Å². The fourth-order valence-corrected chi connectivity index (χ4v) is 4.53. The molecule has 3 rings (SSSR count). The SMILES string of the molecule is CC[N+](CC)(CC)CC.CC[N+](CC)(CC)CC.[Fe+2].[Fe+3].[Fe+3].[Mo+2].[S-2].[S-2].[S-2].[S-2].[SH-].[SH-].[SH-].c1cnn([BH-](n2cccn2)n2cccn2)c1. The van der Waals surface area contributed by atoms with Gasteiger partial charge in [0.2, 0.25) is 0 Å².